The van der Waals surface area contributed by atoms with Crippen LogP contribution in [0.3, 0.4) is 0 Å². The zero-order valence-corrected chi connectivity index (χ0v) is 14.9. The number of barbiturate groups is 1. The highest BCUT2D eigenvalue weighted by Gasteiger charge is 2.44. The minimum atomic E-state index is -1.44. The van der Waals surface area contributed by atoms with E-state index in [4.69, 9.17) is 0 Å². The fraction of sp³-hybridized carbons (Fsp3) is 0.474. The molecule has 1 N–H and O–H groups in total. The van der Waals surface area contributed by atoms with Gasteiger partial charge in [0.05, 0.1) is 5.69 Å². The number of rotatable bonds is 7. The van der Waals surface area contributed by atoms with Crippen molar-refractivity contribution in [1.29, 1.82) is 0 Å². The summed E-state index contributed by atoms with van der Waals surface area (Å²) in [5.74, 6) is -3.46. The zero-order valence-electron chi connectivity index (χ0n) is 14.9. The summed E-state index contributed by atoms with van der Waals surface area (Å²) in [4.78, 5) is 50.1. The largest absolute Gasteiger partial charge is 0.335 e. The Labute approximate surface area is 147 Å². The maximum atomic E-state index is 12.7. The molecule has 1 fully saturated rings. The second kappa shape index (κ2) is 8.05. The first-order valence-corrected chi connectivity index (χ1v) is 8.65. The summed E-state index contributed by atoms with van der Waals surface area (Å²) < 4.78 is 0. The first-order chi connectivity index (χ1) is 11.9. The molecule has 0 unspecified atom stereocenters. The Kier molecular flexibility index (Phi) is 6.07. The first-order valence-electron chi connectivity index (χ1n) is 8.65. The highest BCUT2D eigenvalue weighted by atomic mass is 16.2. The zero-order chi connectivity index (χ0) is 18.6. The van der Waals surface area contributed by atoms with Gasteiger partial charge in [0, 0.05) is 6.42 Å². The predicted molar refractivity (Wildman–Crippen MR) is 94.2 cm³/mol. The van der Waals surface area contributed by atoms with Crippen LogP contribution in [0.5, 0.6) is 0 Å². The van der Waals surface area contributed by atoms with Gasteiger partial charge in [-0.2, -0.15) is 0 Å². The van der Waals surface area contributed by atoms with E-state index < -0.39 is 29.5 Å². The van der Waals surface area contributed by atoms with E-state index in [1.807, 2.05) is 13.8 Å². The Bertz CT molecular complexity index is 711. The number of aryl methyl sites for hydroxylation is 2. The highest BCUT2D eigenvalue weighted by Crippen LogP contribution is 2.24. The molecule has 1 atom stereocenters. The quantitative estimate of drug-likeness (QED) is 0.609. The van der Waals surface area contributed by atoms with Crippen molar-refractivity contribution in [2.24, 2.45) is 5.92 Å². The van der Waals surface area contributed by atoms with Crippen molar-refractivity contribution >= 4 is 29.3 Å². The van der Waals surface area contributed by atoms with Crippen molar-refractivity contribution in [3.05, 3.63) is 29.3 Å². The van der Waals surface area contributed by atoms with Crippen LogP contribution in [-0.4, -0.2) is 23.6 Å². The predicted octanol–water partition coefficient (Wildman–Crippen LogP) is 3.04. The lowest BCUT2D eigenvalue weighted by molar-refractivity contribution is -0.141. The average molecular weight is 344 g/mol. The summed E-state index contributed by atoms with van der Waals surface area (Å²) in [6, 6.07) is 4.32. The molecule has 1 aromatic rings. The number of carbonyl (C=O) groups is 4. The molecule has 4 amide bonds. The summed E-state index contributed by atoms with van der Waals surface area (Å²) in [7, 11) is 0. The fourth-order valence-corrected chi connectivity index (χ4v) is 2.84. The van der Waals surface area contributed by atoms with Gasteiger partial charge >= 0.3 is 6.03 Å². The number of anilines is 1. The summed E-state index contributed by atoms with van der Waals surface area (Å²) in [6.45, 7) is 5.85. The fourth-order valence-electron chi connectivity index (χ4n) is 2.84. The number of Topliss-reactive ketones (excluding diaryl/α,β-unsaturated/α-hetero) is 1. The number of unbranched alkanes of at least 4 members (excludes halogenated alkanes) is 3. The monoisotopic (exact) mass is 344 g/mol. The molecule has 0 aromatic heterocycles. The van der Waals surface area contributed by atoms with E-state index in [-0.39, 0.29) is 6.42 Å². The minimum absolute atomic E-state index is 0.165. The Morgan fingerprint density at radius 1 is 1.08 bits per heavy atom. The third kappa shape index (κ3) is 4.13. The number of ketones is 1. The number of amides is 4. The average Bonchev–Trinajstić information content (AvgIpc) is 2.54. The topological polar surface area (TPSA) is 83.6 Å². The summed E-state index contributed by atoms with van der Waals surface area (Å²) >= 11 is 0. The van der Waals surface area contributed by atoms with E-state index in [1.54, 1.807) is 18.2 Å². The van der Waals surface area contributed by atoms with E-state index in [1.165, 1.54) is 0 Å². The lowest BCUT2D eigenvalue weighted by Gasteiger charge is -2.29. The van der Waals surface area contributed by atoms with Gasteiger partial charge in [0.2, 0.25) is 5.91 Å². The van der Waals surface area contributed by atoms with Gasteiger partial charge in [0.15, 0.2) is 11.7 Å². The second-order valence-electron chi connectivity index (χ2n) is 6.45. The van der Waals surface area contributed by atoms with Gasteiger partial charge in [-0.3, -0.25) is 19.7 Å². The minimum Gasteiger partial charge on any atom is -0.298 e. The molecule has 0 aliphatic carbocycles. The van der Waals surface area contributed by atoms with Crippen molar-refractivity contribution in [3.8, 4) is 0 Å². The molecule has 0 bridgehead atoms. The maximum Gasteiger partial charge on any atom is 0.335 e. The number of nitrogens with zero attached hydrogens (tertiary/aromatic N) is 1. The standard InChI is InChI=1S/C19H24N2O4/c1-4-5-6-7-8-15(22)16-17(23)20-19(25)21(18(16)24)14-10-9-12(2)13(3)11-14/h9-11,16H,4-8H2,1-3H3,(H,20,23,25)/t16-/m1/s1. The molecule has 6 nitrogen and oxygen atoms in total. The van der Waals surface area contributed by atoms with Crippen LogP contribution in [0.1, 0.15) is 50.2 Å². The van der Waals surface area contributed by atoms with E-state index in [9.17, 15) is 19.2 Å². The summed E-state index contributed by atoms with van der Waals surface area (Å²) in [5.41, 5.74) is 2.30. The molecular formula is C19H24N2O4. The van der Waals surface area contributed by atoms with Crippen LogP contribution in [0, 0.1) is 19.8 Å². The number of nitrogens with one attached hydrogen (secondary N) is 1. The van der Waals surface area contributed by atoms with Crippen molar-refractivity contribution < 1.29 is 19.2 Å². The number of hydrogen-bond acceptors (Lipinski definition) is 4. The molecule has 0 radical (unpaired) electrons. The Hall–Kier alpha value is -2.50. The van der Waals surface area contributed by atoms with Gasteiger partial charge in [-0.25, -0.2) is 9.69 Å². The molecular weight excluding hydrogens is 320 g/mol. The van der Waals surface area contributed by atoms with Crippen LogP contribution in [0.2, 0.25) is 0 Å². The number of imide groups is 2. The molecule has 25 heavy (non-hydrogen) atoms. The van der Waals surface area contributed by atoms with E-state index in [0.29, 0.717) is 12.1 Å². The maximum absolute atomic E-state index is 12.7. The Balaban J connectivity index is 2.20. The third-order valence-corrected chi connectivity index (χ3v) is 4.51. The summed E-state index contributed by atoms with van der Waals surface area (Å²) in [6.07, 6.45) is 3.72. The van der Waals surface area contributed by atoms with Crippen molar-refractivity contribution in [2.75, 3.05) is 4.90 Å². The molecule has 1 heterocycles. The van der Waals surface area contributed by atoms with Crippen molar-refractivity contribution in [2.45, 2.75) is 52.9 Å². The smallest absolute Gasteiger partial charge is 0.298 e. The van der Waals surface area contributed by atoms with Crippen LogP contribution >= 0.6 is 0 Å². The number of benzene rings is 1. The van der Waals surface area contributed by atoms with Crippen LogP contribution in [-0.2, 0) is 14.4 Å². The SMILES string of the molecule is CCCCCCC(=O)[C@@H]1C(=O)NC(=O)N(c2ccc(C)c(C)c2)C1=O. The molecule has 1 aliphatic heterocycles. The van der Waals surface area contributed by atoms with Crippen LogP contribution in [0.4, 0.5) is 10.5 Å². The van der Waals surface area contributed by atoms with E-state index >= 15 is 0 Å². The Morgan fingerprint density at radius 2 is 1.80 bits per heavy atom. The second-order valence-corrected chi connectivity index (χ2v) is 6.45. The molecule has 0 spiro atoms. The first kappa shape index (κ1) is 18.8. The van der Waals surface area contributed by atoms with Crippen molar-refractivity contribution in [1.82, 2.24) is 5.32 Å². The van der Waals surface area contributed by atoms with Crippen LogP contribution in [0.15, 0.2) is 18.2 Å². The number of urea groups is 1. The van der Waals surface area contributed by atoms with Gasteiger partial charge in [0.1, 0.15) is 0 Å². The van der Waals surface area contributed by atoms with Gasteiger partial charge in [-0.05, 0) is 43.5 Å². The molecule has 1 aromatic carbocycles. The van der Waals surface area contributed by atoms with E-state index in [2.05, 4.69) is 12.2 Å². The molecule has 2 rings (SSSR count). The lowest BCUT2D eigenvalue weighted by Crippen LogP contribution is -2.60. The van der Waals surface area contributed by atoms with Gasteiger partial charge in [-0.1, -0.05) is 32.3 Å². The normalized spacial score (nSPS) is 17.6. The van der Waals surface area contributed by atoms with Gasteiger partial charge in [-0.15, -0.1) is 0 Å². The molecule has 1 aliphatic rings. The van der Waals surface area contributed by atoms with E-state index in [0.717, 1.165) is 35.3 Å². The molecule has 6 heteroatoms. The summed E-state index contributed by atoms with van der Waals surface area (Å²) in [5, 5.41) is 2.13. The molecule has 0 saturated carbocycles. The lowest BCUT2D eigenvalue weighted by atomic mass is 9.94. The number of carbonyl (C=O) groups excluding carboxylic acids is 4. The van der Waals surface area contributed by atoms with Crippen molar-refractivity contribution in [3.63, 3.8) is 0 Å². The van der Waals surface area contributed by atoms with Crippen LogP contribution < -0.4 is 10.2 Å². The van der Waals surface area contributed by atoms with Gasteiger partial charge < -0.3 is 0 Å². The molecule has 1 saturated heterocycles. The molecule has 134 valence electrons. The number of hydrogen-bond donors (Lipinski definition) is 1. The van der Waals surface area contributed by atoms with Gasteiger partial charge in [0.25, 0.3) is 5.91 Å². The highest BCUT2D eigenvalue weighted by molar-refractivity contribution is 6.34. The third-order valence-electron chi connectivity index (χ3n) is 4.51. The Morgan fingerprint density at radius 3 is 2.44 bits per heavy atom. The van der Waals surface area contributed by atoms with Crippen LogP contribution in [0.25, 0.3) is 0 Å².